The number of amides is 1. The number of ether oxygens (including phenoxy) is 1. The molecule has 0 bridgehead atoms. The number of hydrogen-bond acceptors (Lipinski definition) is 3. The molecule has 0 radical (unpaired) electrons. The van der Waals surface area contributed by atoms with Gasteiger partial charge in [-0.05, 0) is 18.8 Å². The highest BCUT2D eigenvalue weighted by molar-refractivity contribution is 5.85. The van der Waals surface area contributed by atoms with Crippen molar-refractivity contribution < 1.29 is 9.53 Å². The van der Waals surface area contributed by atoms with E-state index in [1.807, 2.05) is 11.9 Å². The lowest BCUT2D eigenvalue weighted by Crippen LogP contribution is -2.47. The highest BCUT2D eigenvalue weighted by atomic mass is 35.5. The Morgan fingerprint density at radius 2 is 2.21 bits per heavy atom. The molecule has 2 rings (SSSR count). The first-order valence-electron chi connectivity index (χ1n) is 7.23. The van der Waals surface area contributed by atoms with Crippen molar-refractivity contribution in [3.05, 3.63) is 0 Å². The molecule has 1 heterocycles. The van der Waals surface area contributed by atoms with E-state index in [4.69, 9.17) is 4.74 Å². The number of hydrogen-bond donors (Lipinski definition) is 1. The third-order valence-electron chi connectivity index (χ3n) is 4.27. The minimum absolute atomic E-state index is 0. The minimum Gasteiger partial charge on any atom is -0.378 e. The summed E-state index contributed by atoms with van der Waals surface area (Å²) in [5.41, 5.74) is 0. The van der Waals surface area contributed by atoms with Crippen LogP contribution in [0, 0.1) is 5.92 Å². The Bertz CT molecular complexity index is 283. The van der Waals surface area contributed by atoms with E-state index in [0.717, 1.165) is 25.5 Å². The molecule has 5 heteroatoms. The lowest BCUT2D eigenvalue weighted by atomic mass is 9.86. The normalized spacial score (nSPS) is 31.4. The molecular weight excluding hydrogens is 264 g/mol. The SMILES string of the molecule is CC1CCCC(N(C)C(=O)CC2COCCN2)C1.Cl. The van der Waals surface area contributed by atoms with Crippen molar-refractivity contribution in [3.8, 4) is 0 Å². The Labute approximate surface area is 122 Å². The molecule has 0 aromatic heterocycles. The maximum atomic E-state index is 12.2. The summed E-state index contributed by atoms with van der Waals surface area (Å²) in [6.45, 7) is 4.59. The number of halogens is 1. The van der Waals surface area contributed by atoms with Crippen LogP contribution in [0.25, 0.3) is 0 Å². The predicted molar refractivity (Wildman–Crippen MR) is 78.7 cm³/mol. The van der Waals surface area contributed by atoms with Crippen LogP contribution in [0.3, 0.4) is 0 Å². The standard InChI is InChI=1S/C14H26N2O2.ClH/c1-11-4-3-5-13(8-11)16(2)14(17)9-12-10-18-7-6-15-12;/h11-13,15H,3-10H2,1-2H3;1H. The van der Waals surface area contributed by atoms with Crippen LogP contribution in [0.1, 0.15) is 39.0 Å². The van der Waals surface area contributed by atoms with Crippen molar-refractivity contribution in [1.82, 2.24) is 10.2 Å². The Morgan fingerprint density at radius 1 is 1.42 bits per heavy atom. The van der Waals surface area contributed by atoms with Crippen molar-refractivity contribution in [1.29, 1.82) is 0 Å². The monoisotopic (exact) mass is 290 g/mol. The molecular formula is C14H27ClN2O2. The van der Waals surface area contributed by atoms with E-state index in [9.17, 15) is 4.79 Å². The van der Waals surface area contributed by atoms with E-state index in [2.05, 4.69) is 12.2 Å². The lowest BCUT2D eigenvalue weighted by molar-refractivity contribution is -0.134. The second-order valence-electron chi connectivity index (χ2n) is 5.86. The zero-order chi connectivity index (χ0) is 13.0. The summed E-state index contributed by atoms with van der Waals surface area (Å²) in [6, 6.07) is 0.653. The van der Waals surface area contributed by atoms with E-state index >= 15 is 0 Å². The van der Waals surface area contributed by atoms with Crippen LogP contribution in [-0.4, -0.2) is 49.7 Å². The van der Waals surface area contributed by atoms with Crippen molar-refractivity contribution in [3.63, 3.8) is 0 Å². The van der Waals surface area contributed by atoms with E-state index in [1.165, 1.54) is 19.3 Å². The molecule has 1 amide bonds. The largest absolute Gasteiger partial charge is 0.378 e. The third kappa shape index (κ3) is 4.93. The van der Waals surface area contributed by atoms with Crippen molar-refractivity contribution in [2.45, 2.75) is 51.1 Å². The molecule has 0 aromatic carbocycles. The van der Waals surface area contributed by atoms with Gasteiger partial charge in [-0.3, -0.25) is 4.79 Å². The Kier molecular flexibility index (Phi) is 7.11. The highest BCUT2D eigenvalue weighted by Gasteiger charge is 2.27. The van der Waals surface area contributed by atoms with Crippen LogP contribution in [-0.2, 0) is 9.53 Å². The van der Waals surface area contributed by atoms with Gasteiger partial charge >= 0.3 is 0 Å². The van der Waals surface area contributed by atoms with Gasteiger partial charge in [0.2, 0.25) is 5.91 Å². The molecule has 1 saturated heterocycles. The van der Waals surface area contributed by atoms with Crippen LogP contribution in [0.15, 0.2) is 0 Å². The maximum Gasteiger partial charge on any atom is 0.224 e. The number of rotatable bonds is 3. The fraction of sp³-hybridized carbons (Fsp3) is 0.929. The van der Waals surface area contributed by atoms with Crippen LogP contribution in [0.2, 0.25) is 0 Å². The summed E-state index contributed by atoms with van der Waals surface area (Å²) in [5, 5.41) is 3.34. The number of morpholine rings is 1. The first kappa shape index (κ1) is 16.7. The van der Waals surface area contributed by atoms with Gasteiger partial charge < -0.3 is 15.0 Å². The summed E-state index contributed by atoms with van der Waals surface area (Å²) >= 11 is 0. The zero-order valence-corrected chi connectivity index (χ0v) is 12.9. The summed E-state index contributed by atoms with van der Waals surface area (Å²) in [7, 11) is 1.97. The molecule has 3 atom stereocenters. The first-order chi connectivity index (χ1) is 8.66. The summed E-state index contributed by atoms with van der Waals surface area (Å²) in [6.07, 6.45) is 5.48. The smallest absolute Gasteiger partial charge is 0.224 e. The molecule has 112 valence electrons. The third-order valence-corrected chi connectivity index (χ3v) is 4.27. The first-order valence-corrected chi connectivity index (χ1v) is 7.23. The number of carbonyl (C=O) groups excluding carboxylic acids is 1. The molecule has 1 saturated carbocycles. The van der Waals surface area contributed by atoms with Gasteiger partial charge in [0, 0.05) is 32.1 Å². The van der Waals surface area contributed by atoms with Crippen molar-refractivity contribution in [2.75, 3.05) is 26.8 Å². The second kappa shape index (κ2) is 8.08. The molecule has 4 nitrogen and oxygen atoms in total. The van der Waals surface area contributed by atoms with E-state index in [1.54, 1.807) is 0 Å². The predicted octanol–water partition coefficient (Wildman–Crippen LogP) is 1.82. The lowest BCUT2D eigenvalue weighted by Gasteiger charge is -2.35. The fourth-order valence-electron chi connectivity index (χ4n) is 3.06. The summed E-state index contributed by atoms with van der Waals surface area (Å²) in [4.78, 5) is 14.2. The van der Waals surface area contributed by atoms with Crippen LogP contribution < -0.4 is 5.32 Å². The molecule has 0 aromatic rings. The van der Waals surface area contributed by atoms with Gasteiger partial charge in [-0.25, -0.2) is 0 Å². The average Bonchev–Trinajstić information content (AvgIpc) is 2.39. The van der Waals surface area contributed by atoms with E-state index in [0.29, 0.717) is 19.1 Å². The molecule has 0 spiro atoms. The topological polar surface area (TPSA) is 41.6 Å². The van der Waals surface area contributed by atoms with Gasteiger partial charge in [0.05, 0.1) is 13.2 Å². The van der Waals surface area contributed by atoms with Gasteiger partial charge in [-0.1, -0.05) is 19.8 Å². The molecule has 1 aliphatic carbocycles. The fourth-order valence-corrected chi connectivity index (χ4v) is 3.06. The molecule has 1 N–H and O–H groups in total. The van der Waals surface area contributed by atoms with Gasteiger partial charge in [0.1, 0.15) is 0 Å². The van der Waals surface area contributed by atoms with Crippen LogP contribution in [0.5, 0.6) is 0 Å². The molecule has 2 fully saturated rings. The highest BCUT2D eigenvalue weighted by Crippen LogP contribution is 2.27. The molecule has 3 unspecified atom stereocenters. The molecule has 2 aliphatic rings. The van der Waals surface area contributed by atoms with Crippen LogP contribution in [0.4, 0.5) is 0 Å². The van der Waals surface area contributed by atoms with Crippen LogP contribution >= 0.6 is 12.4 Å². The summed E-state index contributed by atoms with van der Waals surface area (Å²) in [5.74, 6) is 1.02. The van der Waals surface area contributed by atoms with Crippen molar-refractivity contribution >= 4 is 18.3 Å². The van der Waals surface area contributed by atoms with Gasteiger partial charge in [0.25, 0.3) is 0 Å². The number of nitrogens with one attached hydrogen (secondary N) is 1. The minimum atomic E-state index is 0. The van der Waals surface area contributed by atoms with Gasteiger partial charge in [0.15, 0.2) is 0 Å². The van der Waals surface area contributed by atoms with E-state index in [-0.39, 0.29) is 24.4 Å². The van der Waals surface area contributed by atoms with E-state index < -0.39 is 0 Å². The van der Waals surface area contributed by atoms with Gasteiger partial charge in [-0.2, -0.15) is 0 Å². The number of nitrogens with zero attached hydrogens (tertiary/aromatic N) is 1. The average molecular weight is 291 g/mol. The van der Waals surface area contributed by atoms with Crippen molar-refractivity contribution in [2.24, 2.45) is 5.92 Å². The number of carbonyl (C=O) groups is 1. The molecule has 19 heavy (non-hydrogen) atoms. The summed E-state index contributed by atoms with van der Waals surface area (Å²) < 4.78 is 5.39. The Hall–Kier alpha value is -0.320. The van der Waals surface area contributed by atoms with Gasteiger partial charge in [-0.15, -0.1) is 12.4 Å². The maximum absolute atomic E-state index is 12.2. The molecule has 1 aliphatic heterocycles. The quantitative estimate of drug-likeness (QED) is 0.862. The second-order valence-corrected chi connectivity index (χ2v) is 5.86. The Morgan fingerprint density at radius 3 is 2.84 bits per heavy atom. The zero-order valence-electron chi connectivity index (χ0n) is 12.1. The Balaban J connectivity index is 0.00000180.